The Hall–Kier alpha value is -1.10. The van der Waals surface area contributed by atoms with Crippen LogP contribution in [-0.4, -0.2) is 11.0 Å². The Morgan fingerprint density at radius 3 is 2.84 bits per heavy atom. The number of hydrogen-bond acceptors (Lipinski definition) is 3. The summed E-state index contributed by atoms with van der Waals surface area (Å²) >= 11 is 12.9. The molecule has 2 rings (SSSR count). The number of halogens is 1. The molecular formula is C14H15ClN2S2. The highest BCUT2D eigenvalue weighted by Crippen LogP contribution is 2.24. The van der Waals surface area contributed by atoms with Gasteiger partial charge in [0.2, 0.25) is 0 Å². The summed E-state index contributed by atoms with van der Waals surface area (Å²) in [6.45, 7) is 2.14. The highest BCUT2D eigenvalue weighted by atomic mass is 35.5. The molecule has 1 heterocycles. The van der Waals surface area contributed by atoms with Gasteiger partial charge in [0.15, 0.2) is 0 Å². The molecule has 2 aromatic rings. The first-order valence-electron chi connectivity index (χ1n) is 5.94. The Morgan fingerprint density at radius 2 is 2.26 bits per heavy atom. The summed E-state index contributed by atoms with van der Waals surface area (Å²) in [5.41, 5.74) is 7.27. The largest absolute Gasteiger partial charge is 0.389 e. The number of thiocarbonyl (C=S) groups is 1. The van der Waals surface area contributed by atoms with Gasteiger partial charge in [0.1, 0.15) is 4.99 Å². The van der Waals surface area contributed by atoms with E-state index in [4.69, 9.17) is 29.6 Å². The molecule has 0 bridgehead atoms. The number of nitrogens with two attached hydrogens (primary N) is 1. The van der Waals surface area contributed by atoms with Crippen molar-refractivity contribution < 1.29 is 0 Å². The molecule has 1 aromatic heterocycles. The minimum absolute atomic E-state index is 0.312. The molecule has 0 amide bonds. The quantitative estimate of drug-likeness (QED) is 0.817. The first-order chi connectivity index (χ1) is 9.06. The Bertz CT molecular complexity index is 567. The smallest absolute Gasteiger partial charge is 0.104 e. The van der Waals surface area contributed by atoms with E-state index in [0.717, 1.165) is 17.7 Å². The number of nitrogens with one attached hydrogen (secondary N) is 1. The lowest BCUT2D eigenvalue weighted by Gasteiger charge is -2.16. The topological polar surface area (TPSA) is 38.0 Å². The normalized spacial score (nSPS) is 12.1. The first kappa shape index (κ1) is 14.3. The van der Waals surface area contributed by atoms with Crippen molar-refractivity contribution in [2.45, 2.75) is 19.4 Å². The van der Waals surface area contributed by atoms with Crippen molar-refractivity contribution in [1.29, 1.82) is 0 Å². The molecule has 3 N–H and O–H groups in total. The van der Waals surface area contributed by atoms with E-state index >= 15 is 0 Å². The molecular weight excluding hydrogens is 296 g/mol. The average molecular weight is 311 g/mol. The van der Waals surface area contributed by atoms with Crippen LogP contribution in [0.3, 0.4) is 0 Å². The molecule has 19 heavy (non-hydrogen) atoms. The predicted octanol–water partition coefficient (Wildman–Crippen LogP) is 4.08. The Morgan fingerprint density at radius 1 is 1.47 bits per heavy atom. The summed E-state index contributed by atoms with van der Waals surface area (Å²) in [4.78, 5) is 1.72. The van der Waals surface area contributed by atoms with Crippen molar-refractivity contribution in [3.63, 3.8) is 0 Å². The van der Waals surface area contributed by atoms with E-state index in [9.17, 15) is 0 Å². The lowest BCUT2D eigenvalue weighted by molar-refractivity contribution is 0.800. The van der Waals surface area contributed by atoms with Gasteiger partial charge in [-0.3, -0.25) is 0 Å². The zero-order chi connectivity index (χ0) is 13.8. The highest BCUT2D eigenvalue weighted by molar-refractivity contribution is 7.80. The summed E-state index contributed by atoms with van der Waals surface area (Å²) < 4.78 is 0. The number of anilines is 1. The van der Waals surface area contributed by atoms with Crippen LogP contribution in [0, 0.1) is 0 Å². The lowest BCUT2D eigenvalue weighted by atomic mass is 10.1. The van der Waals surface area contributed by atoms with Crippen molar-refractivity contribution in [2.75, 3.05) is 5.32 Å². The third-order valence-corrected chi connectivity index (χ3v) is 4.19. The summed E-state index contributed by atoms with van der Waals surface area (Å²) in [5.74, 6) is 0. The predicted molar refractivity (Wildman–Crippen MR) is 88.4 cm³/mol. The molecule has 100 valence electrons. The second-order valence-electron chi connectivity index (χ2n) is 4.39. The fourth-order valence-corrected chi connectivity index (χ4v) is 3.03. The van der Waals surface area contributed by atoms with E-state index in [1.807, 2.05) is 12.1 Å². The molecule has 1 aromatic carbocycles. The van der Waals surface area contributed by atoms with Crippen LogP contribution in [0.15, 0.2) is 35.7 Å². The van der Waals surface area contributed by atoms with Crippen LogP contribution in [0.4, 0.5) is 5.69 Å². The maximum atomic E-state index is 6.22. The fourth-order valence-electron chi connectivity index (χ4n) is 1.83. The Labute approximate surface area is 127 Å². The summed E-state index contributed by atoms with van der Waals surface area (Å²) in [5, 5.41) is 6.14. The van der Waals surface area contributed by atoms with Crippen LogP contribution in [0.2, 0.25) is 5.02 Å². The van der Waals surface area contributed by atoms with Crippen LogP contribution in [-0.2, 0) is 6.42 Å². The second kappa shape index (κ2) is 6.37. The van der Waals surface area contributed by atoms with Crippen molar-refractivity contribution >= 4 is 45.8 Å². The number of hydrogen-bond donors (Lipinski definition) is 2. The molecule has 0 fully saturated rings. The van der Waals surface area contributed by atoms with E-state index < -0.39 is 0 Å². The minimum atomic E-state index is 0.312. The zero-order valence-corrected chi connectivity index (χ0v) is 12.9. The van der Waals surface area contributed by atoms with Gasteiger partial charge in [-0.25, -0.2) is 0 Å². The maximum absolute atomic E-state index is 6.22. The van der Waals surface area contributed by atoms with E-state index in [1.54, 1.807) is 17.4 Å². The molecule has 0 aliphatic carbocycles. The molecule has 0 aliphatic heterocycles. The van der Waals surface area contributed by atoms with Gasteiger partial charge >= 0.3 is 0 Å². The number of benzene rings is 1. The van der Waals surface area contributed by atoms with Crippen LogP contribution in [0.5, 0.6) is 0 Å². The van der Waals surface area contributed by atoms with Crippen LogP contribution >= 0.6 is 35.2 Å². The monoisotopic (exact) mass is 310 g/mol. The van der Waals surface area contributed by atoms with Crippen LogP contribution in [0.25, 0.3) is 0 Å². The SMILES string of the molecule is CC(Cc1cccs1)Nc1ccc(C(N)=S)cc1Cl. The van der Waals surface area contributed by atoms with Crippen molar-refractivity contribution in [1.82, 2.24) is 0 Å². The van der Waals surface area contributed by atoms with E-state index in [2.05, 4.69) is 29.8 Å². The third kappa shape index (κ3) is 3.93. The number of rotatable bonds is 5. The molecule has 0 aliphatic rings. The first-order valence-corrected chi connectivity index (χ1v) is 7.61. The van der Waals surface area contributed by atoms with Crippen molar-refractivity contribution in [3.8, 4) is 0 Å². The summed E-state index contributed by atoms with van der Waals surface area (Å²) in [7, 11) is 0. The van der Waals surface area contributed by atoms with Gasteiger partial charge < -0.3 is 11.1 Å². The Kier molecular flexibility index (Phi) is 4.80. The molecule has 0 spiro atoms. The van der Waals surface area contributed by atoms with Crippen molar-refractivity contribution in [3.05, 3.63) is 51.2 Å². The highest BCUT2D eigenvalue weighted by Gasteiger charge is 2.08. The third-order valence-electron chi connectivity index (χ3n) is 2.74. The van der Waals surface area contributed by atoms with Gasteiger partial charge in [-0.1, -0.05) is 29.9 Å². The average Bonchev–Trinajstić information content (AvgIpc) is 2.84. The van der Waals surface area contributed by atoms with Gasteiger partial charge in [-0.2, -0.15) is 0 Å². The molecule has 0 saturated heterocycles. The van der Waals surface area contributed by atoms with E-state index in [1.165, 1.54) is 4.88 Å². The Balaban J connectivity index is 2.04. The molecule has 2 nitrogen and oxygen atoms in total. The van der Waals surface area contributed by atoms with Gasteiger partial charge in [0.05, 0.1) is 10.7 Å². The van der Waals surface area contributed by atoms with Crippen LogP contribution in [0.1, 0.15) is 17.4 Å². The standard InChI is InChI=1S/C14H15ClN2S2/c1-9(7-11-3-2-6-19-11)17-13-5-4-10(14(16)18)8-12(13)15/h2-6,8-9,17H,7H2,1H3,(H2,16,18). The van der Waals surface area contributed by atoms with E-state index in [0.29, 0.717) is 16.1 Å². The molecule has 0 radical (unpaired) electrons. The van der Waals surface area contributed by atoms with Gasteiger partial charge in [0.25, 0.3) is 0 Å². The van der Waals surface area contributed by atoms with E-state index in [-0.39, 0.29) is 0 Å². The molecule has 5 heteroatoms. The molecule has 1 unspecified atom stereocenters. The van der Waals surface area contributed by atoms with Gasteiger partial charge in [-0.15, -0.1) is 11.3 Å². The maximum Gasteiger partial charge on any atom is 0.104 e. The molecule has 0 saturated carbocycles. The summed E-state index contributed by atoms with van der Waals surface area (Å²) in [6.07, 6.45) is 0.977. The van der Waals surface area contributed by atoms with Crippen molar-refractivity contribution in [2.24, 2.45) is 5.73 Å². The summed E-state index contributed by atoms with van der Waals surface area (Å²) in [6, 6.07) is 10.1. The van der Waals surface area contributed by atoms with Gasteiger partial charge in [0, 0.05) is 22.9 Å². The second-order valence-corrected chi connectivity index (χ2v) is 6.27. The fraction of sp³-hybridized carbons (Fsp3) is 0.214. The molecule has 1 atom stereocenters. The lowest BCUT2D eigenvalue weighted by Crippen LogP contribution is -2.18. The minimum Gasteiger partial charge on any atom is -0.389 e. The number of thiophene rings is 1. The van der Waals surface area contributed by atoms with Gasteiger partial charge in [-0.05, 0) is 36.6 Å². The zero-order valence-electron chi connectivity index (χ0n) is 10.5. The van der Waals surface area contributed by atoms with Crippen LogP contribution < -0.4 is 11.1 Å².